The van der Waals surface area contributed by atoms with Crippen LogP contribution in [0.5, 0.6) is 0 Å². The van der Waals surface area contributed by atoms with Gasteiger partial charge in [-0.1, -0.05) is 19.9 Å². The lowest BCUT2D eigenvalue weighted by Gasteiger charge is -2.20. The van der Waals surface area contributed by atoms with Crippen molar-refractivity contribution in [2.24, 2.45) is 0 Å². The quantitative estimate of drug-likeness (QED) is 0.531. The number of nitro groups is 1. The highest BCUT2D eigenvalue weighted by Crippen LogP contribution is 2.33. The summed E-state index contributed by atoms with van der Waals surface area (Å²) in [5, 5.41) is 11.2. The Kier molecular flexibility index (Phi) is 5.72. The van der Waals surface area contributed by atoms with Gasteiger partial charge in [0, 0.05) is 42.5 Å². The van der Waals surface area contributed by atoms with E-state index < -0.39 is 14.9 Å². The van der Waals surface area contributed by atoms with Gasteiger partial charge in [0.1, 0.15) is 0 Å². The molecule has 0 atom stereocenters. The number of carbonyl (C=O) groups is 1. The molecule has 0 spiro atoms. The Morgan fingerprint density at radius 1 is 1.21 bits per heavy atom. The first-order chi connectivity index (χ1) is 13.7. The van der Waals surface area contributed by atoms with Gasteiger partial charge in [-0.3, -0.25) is 14.9 Å². The second kappa shape index (κ2) is 7.92. The van der Waals surface area contributed by atoms with Crippen LogP contribution in [-0.4, -0.2) is 43.2 Å². The Hall–Kier alpha value is -2.78. The topological polar surface area (TPSA) is 101 Å². The van der Waals surface area contributed by atoms with Crippen LogP contribution < -0.4 is 4.90 Å². The molecule has 8 nitrogen and oxygen atoms in total. The second-order valence-electron chi connectivity index (χ2n) is 6.79. The molecule has 154 valence electrons. The van der Waals surface area contributed by atoms with Crippen LogP contribution >= 0.6 is 0 Å². The largest absolute Gasteiger partial charge is 0.308 e. The minimum absolute atomic E-state index is 0.101. The van der Waals surface area contributed by atoms with Gasteiger partial charge in [-0.05, 0) is 43.2 Å². The van der Waals surface area contributed by atoms with Gasteiger partial charge in [0.2, 0.25) is 10.0 Å². The number of hydrogen-bond acceptors (Lipinski definition) is 5. The van der Waals surface area contributed by atoms with E-state index in [1.807, 2.05) is 0 Å². The summed E-state index contributed by atoms with van der Waals surface area (Å²) in [6.07, 6.45) is 0.524. The van der Waals surface area contributed by atoms with Crippen molar-refractivity contribution in [3.63, 3.8) is 0 Å². The third-order valence-electron chi connectivity index (χ3n) is 5.27. The third-order valence-corrected chi connectivity index (χ3v) is 7.31. The zero-order valence-corrected chi connectivity index (χ0v) is 17.4. The minimum atomic E-state index is -3.58. The van der Waals surface area contributed by atoms with Crippen molar-refractivity contribution < 1.29 is 18.1 Å². The van der Waals surface area contributed by atoms with Crippen molar-refractivity contribution in [3.05, 3.63) is 63.2 Å². The standard InChI is InChI=1S/C20H23N3O5S/c1-4-21(5-2)29(27,28)16-9-10-19-15(13-16)11-12-22(19)20(24)17-7-6-8-18(14(17)3)23(25)26/h6-10,13H,4-5,11-12H2,1-3H3. The summed E-state index contributed by atoms with van der Waals surface area (Å²) in [6.45, 7) is 6.29. The molecule has 1 heterocycles. The Bertz CT molecular complexity index is 1080. The smallest absolute Gasteiger partial charge is 0.273 e. The van der Waals surface area contributed by atoms with E-state index in [1.165, 1.54) is 22.5 Å². The number of carbonyl (C=O) groups excluding carboxylic acids is 1. The molecule has 1 aliphatic heterocycles. The van der Waals surface area contributed by atoms with Crippen molar-refractivity contribution in [3.8, 4) is 0 Å². The number of fused-ring (bicyclic) bond motifs is 1. The van der Waals surface area contributed by atoms with Gasteiger partial charge in [0.25, 0.3) is 11.6 Å². The highest BCUT2D eigenvalue weighted by atomic mass is 32.2. The normalized spacial score (nSPS) is 13.6. The van der Waals surface area contributed by atoms with Gasteiger partial charge in [0.15, 0.2) is 0 Å². The highest BCUT2D eigenvalue weighted by Gasteiger charge is 2.30. The number of rotatable bonds is 6. The first kappa shape index (κ1) is 20.9. The average molecular weight is 417 g/mol. The summed E-state index contributed by atoms with van der Waals surface area (Å²) < 4.78 is 26.9. The maximum absolute atomic E-state index is 13.1. The molecule has 0 aliphatic carbocycles. The zero-order valence-electron chi connectivity index (χ0n) is 16.6. The lowest BCUT2D eigenvalue weighted by atomic mass is 10.1. The molecule has 2 aromatic rings. The van der Waals surface area contributed by atoms with E-state index in [1.54, 1.807) is 43.9 Å². The number of hydrogen-bond donors (Lipinski definition) is 0. The Labute approximate surface area is 169 Å². The fraction of sp³-hybridized carbons (Fsp3) is 0.350. The van der Waals surface area contributed by atoms with Crippen molar-refractivity contribution in [2.75, 3.05) is 24.5 Å². The van der Waals surface area contributed by atoms with E-state index in [0.29, 0.717) is 37.3 Å². The van der Waals surface area contributed by atoms with E-state index >= 15 is 0 Å². The number of benzene rings is 2. The molecular weight excluding hydrogens is 394 g/mol. The first-order valence-electron chi connectivity index (χ1n) is 9.41. The summed E-state index contributed by atoms with van der Waals surface area (Å²) in [6, 6.07) is 9.21. The molecule has 0 radical (unpaired) electrons. The van der Waals surface area contributed by atoms with Crippen LogP contribution in [0, 0.1) is 17.0 Å². The molecule has 0 unspecified atom stereocenters. The molecule has 2 aromatic carbocycles. The van der Waals surface area contributed by atoms with Crippen LogP contribution in [0.2, 0.25) is 0 Å². The van der Waals surface area contributed by atoms with Gasteiger partial charge in [-0.2, -0.15) is 4.31 Å². The molecule has 0 N–H and O–H groups in total. The number of anilines is 1. The van der Waals surface area contributed by atoms with Crippen LogP contribution in [-0.2, 0) is 16.4 Å². The van der Waals surface area contributed by atoms with Gasteiger partial charge in [-0.25, -0.2) is 8.42 Å². The van der Waals surface area contributed by atoms with Gasteiger partial charge >= 0.3 is 0 Å². The number of nitro benzene ring substituents is 1. The van der Waals surface area contributed by atoms with E-state index in [0.717, 1.165) is 5.56 Å². The van der Waals surface area contributed by atoms with Crippen molar-refractivity contribution in [1.29, 1.82) is 0 Å². The van der Waals surface area contributed by atoms with E-state index in [4.69, 9.17) is 0 Å². The fourth-order valence-corrected chi connectivity index (χ4v) is 5.17. The molecule has 9 heteroatoms. The molecule has 3 rings (SSSR count). The van der Waals surface area contributed by atoms with Crippen molar-refractivity contribution >= 4 is 27.3 Å². The van der Waals surface area contributed by atoms with Crippen LogP contribution in [0.25, 0.3) is 0 Å². The molecule has 0 aromatic heterocycles. The molecule has 0 fully saturated rings. The van der Waals surface area contributed by atoms with Gasteiger partial charge in [0.05, 0.1) is 9.82 Å². The average Bonchev–Trinajstić information content (AvgIpc) is 3.11. The number of sulfonamides is 1. The first-order valence-corrected chi connectivity index (χ1v) is 10.8. The van der Waals surface area contributed by atoms with E-state index in [2.05, 4.69) is 0 Å². The van der Waals surface area contributed by atoms with Crippen LogP contribution in [0.4, 0.5) is 11.4 Å². The monoisotopic (exact) mass is 417 g/mol. The number of nitrogens with zero attached hydrogens (tertiary/aromatic N) is 3. The molecular formula is C20H23N3O5S. The summed E-state index contributed by atoms with van der Waals surface area (Å²) in [5.74, 6) is -0.329. The van der Waals surface area contributed by atoms with Crippen molar-refractivity contribution in [1.82, 2.24) is 4.31 Å². The van der Waals surface area contributed by atoms with Gasteiger partial charge in [-0.15, -0.1) is 0 Å². The summed E-state index contributed by atoms with van der Waals surface area (Å²) >= 11 is 0. The molecule has 0 bridgehead atoms. The van der Waals surface area contributed by atoms with E-state index in [-0.39, 0.29) is 22.1 Å². The molecule has 29 heavy (non-hydrogen) atoms. The van der Waals surface area contributed by atoms with Crippen LogP contribution in [0.3, 0.4) is 0 Å². The summed E-state index contributed by atoms with van der Waals surface area (Å²) in [4.78, 5) is 25.5. The predicted octanol–water partition coefficient (Wildman–Crippen LogP) is 3.14. The number of amides is 1. The van der Waals surface area contributed by atoms with Gasteiger partial charge < -0.3 is 4.90 Å². The fourth-order valence-electron chi connectivity index (χ4n) is 3.66. The summed E-state index contributed by atoms with van der Waals surface area (Å²) in [5.41, 5.74) is 1.90. The zero-order chi connectivity index (χ0) is 21.3. The third kappa shape index (κ3) is 3.63. The predicted molar refractivity (Wildman–Crippen MR) is 110 cm³/mol. The minimum Gasteiger partial charge on any atom is -0.308 e. The molecule has 0 saturated carbocycles. The maximum atomic E-state index is 13.1. The molecule has 1 aliphatic rings. The summed E-state index contributed by atoms with van der Waals surface area (Å²) in [7, 11) is -3.58. The van der Waals surface area contributed by atoms with Crippen LogP contribution in [0.15, 0.2) is 41.3 Å². The Morgan fingerprint density at radius 2 is 1.90 bits per heavy atom. The maximum Gasteiger partial charge on any atom is 0.273 e. The molecule has 1 amide bonds. The molecule has 0 saturated heterocycles. The second-order valence-corrected chi connectivity index (χ2v) is 8.73. The highest BCUT2D eigenvalue weighted by molar-refractivity contribution is 7.89. The SMILES string of the molecule is CCN(CC)S(=O)(=O)c1ccc2c(c1)CCN2C(=O)c1cccc([N+](=O)[O-])c1C. The lowest BCUT2D eigenvalue weighted by Crippen LogP contribution is -2.31. The van der Waals surface area contributed by atoms with E-state index in [9.17, 15) is 23.3 Å². The van der Waals surface area contributed by atoms with Crippen molar-refractivity contribution in [2.45, 2.75) is 32.1 Å². The Balaban J connectivity index is 1.96. The Morgan fingerprint density at radius 3 is 2.52 bits per heavy atom. The lowest BCUT2D eigenvalue weighted by molar-refractivity contribution is -0.385. The van der Waals surface area contributed by atoms with Crippen LogP contribution in [0.1, 0.15) is 35.3 Å².